The molecule has 0 unspecified atom stereocenters. The molecule has 0 aliphatic carbocycles. The Hall–Kier alpha value is -3.12. The van der Waals surface area contributed by atoms with Gasteiger partial charge in [0.2, 0.25) is 5.91 Å². The Bertz CT molecular complexity index is 875. The summed E-state index contributed by atoms with van der Waals surface area (Å²) < 4.78 is 42.0. The molecule has 1 amide bonds. The lowest BCUT2D eigenvalue weighted by molar-refractivity contribution is -0.605. The van der Waals surface area contributed by atoms with Crippen LogP contribution in [0.4, 0.5) is 13.2 Å². The van der Waals surface area contributed by atoms with E-state index in [9.17, 15) is 23.2 Å². The Morgan fingerprint density at radius 2 is 1.70 bits per heavy atom. The van der Waals surface area contributed by atoms with Gasteiger partial charge in [-0.3, -0.25) is 10.1 Å². The normalized spacial score (nSPS) is 13.5. The third-order valence-electron chi connectivity index (χ3n) is 4.44. The standard InChI is InChI=1S/C21H23F3N4O2/c1-14(2)13-18(20(29)26-10-9-25)27-19(21(22,23)24)17-5-3-15(4-6-17)16-7-11-28(30)12-8-16/h3-8,11-12,14,18-19,27H,10,13H2,1-2H3,(H,26,29)/t18-,19+/m0/s1. The number of carbonyl (C=O) groups excluding carboxylic acids is 1. The second-order valence-corrected chi connectivity index (χ2v) is 7.27. The molecule has 0 saturated carbocycles. The molecule has 0 aliphatic heterocycles. The Morgan fingerprint density at radius 1 is 1.13 bits per heavy atom. The first kappa shape index (κ1) is 23.2. The molecule has 160 valence electrons. The molecule has 0 saturated heterocycles. The van der Waals surface area contributed by atoms with Crippen LogP contribution in [0.1, 0.15) is 31.9 Å². The molecule has 1 aromatic carbocycles. The lowest BCUT2D eigenvalue weighted by Crippen LogP contribution is -2.49. The first-order valence-corrected chi connectivity index (χ1v) is 9.38. The van der Waals surface area contributed by atoms with Crippen LogP contribution in [0.15, 0.2) is 48.8 Å². The highest BCUT2D eigenvalue weighted by molar-refractivity contribution is 5.82. The SMILES string of the molecule is CC(C)C[C@H](N[C@H](c1ccc(-c2cc[n+]([O-])cc2)cc1)C(F)(F)F)C(=O)NCC#N. The Labute approximate surface area is 172 Å². The second kappa shape index (κ2) is 10.1. The molecule has 0 aliphatic rings. The van der Waals surface area contributed by atoms with Crippen LogP contribution in [-0.4, -0.2) is 24.7 Å². The molecular weight excluding hydrogens is 397 g/mol. The number of nitriles is 1. The molecule has 2 atom stereocenters. The van der Waals surface area contributed by atoms with Crippen molar-refractivity contribution in [2.45, 2.75) is 38.5 Å². The lowest BCUT2D eigenvalue weighted by atomic mass is 9.98. The minimum atomic E-state index is -4.63. The average Bonchev–Trinajstić information content (AvgIpc) is 2.69. The van der Waals surface area contributed by atoms with Gasteiger partial charge in [-0.25, -0.2) is 0 Å². The third kappa shape index (κ3) is 6.46. The largest absolute Gasteiger partial charge is 0.619 e. The average molecular weight is 420 g/mol. The summed E-state index contributed by atoms with van der Waals surface area (Å²) in [5.41, 5.74) is 1.31. The zero-order valence-electron chi connectivity index (χ0n) is 16.6. The number of hydrogen-bond acceptors (Lipinski definition) is 4. The van der Waals surface area contributed by atoms with Gasteiger partial charge in [-0.05, 0) is 29.0 Å². The smallest absolute Gasteiger partial charge is 0.407 e. The van der Waals surface area contributed by atoms with Gasteiger partial charge < -0.3 is 10.5 Å². The van der Waals surface area contributed by atoms with Gasteiger partial charge in [0, 0.05) is 12.1 Å². The van der Waals surface area contributed by atoms with E-state index in [2.05, 4.69) is 10.6 Å². The van der Waals surface area contributed by atoms with Crippen molar-refractivity contribution in [1.82, 2.24) is 10.6 Å². The Balaban J connectivity index is 2.28. The van der Waals surface area contributed by atoms with Crippen LogP contribution in [0, 0.1) is 22.5 Å². The summed E-state index contributed by atoms with van der Waals surface area (Å²) in [4.78, 5) is 12.3. The molecule has 30 heavy (non-hydrogen) atoms. The van der Waals surface area contributed by atoms with E-state index in [4.69, 9.17) is 5.26 Å². The van der Waals surface area contributed by atoms with Gasteiger partial charge >= 0.3 is 6.18 Å². The van der Waals surface area contributed by atoms with Gasteiger partial charge in [0.05, 0.1) is 12.1 Å². The number of carbonyl (C=O) groups is 1. The first-order valence-electron chi connectivity index (χ1n) is 9.38. The van der Waals surface area contributed by atoms with Crippen molar-refractivity contribution in [3.05, 3.63) is 59.6 Å². The zero-order valence-corrected chi connectivity index (χ0v) is 16.6. The highest BCUT2D eigenvalue weighted by atomic mass is 19.4. The topological polar surface area (TPSA) is 91.9 Å². The van der Waals surface area contributed by atoms with E-state index >= 15 is 0 Å². The van der Waals surface area contributed by atoms with Crippen molar-refractivity contribution in [1.29, 1.82) is 5.26 Å². The summed E-state index contributed by atoms with van der Waals surface area (Å²) in [6.07, 6.45) is -1.84. The lowest BCUT2D eigenvalue weighted by Gasteiger charge is -2.28. The van der Waals surface area contributed by atoms with E-state index in [0.29, 0.717) is 15.9 Å². The monoisotopic (exact) mass is 420 g/mol. The maximum Gasteiger partial charge on any atom is 0.407 e. The number of halogens is 3. The van der Waals surface area contributed by atoms with E-state index in [1.165, 1.54) is 36.7 Å². The first-order chi connectivity index (χ1) is 14.1. The van der Waals surface area contributed by atoms with Crippen molar-refractivity contribution in [2.24, 2.45) is 5.92 Å². The van der Waals surface area contributed by atoms with Gasteiger partial charge in [0.15, 0.2) is 12.4 Å². The zero-order chi connectivity index (χ0) is 22.3. The molecule has 1 heterocycles. The molecule has 1 aromatic heterocycles. The van der Waals surface area contributed by atoms with Gasteiger partial charge in [-0.1, -0.05) is 38.1 Å². The second-order valence-electron chi connectivity index (χ2n) is 7.27. The van der Waals surface area contributed by atoms with Crippen LogP contribution < -0.4 is 15.4 Å². The van der Waals surface area contributed by atoms with Crippen molar-refractivity contribution in [3.63, 3.8) is 0 Å². The van der Waals surface area contributed by atoms with E-state index in [1.807, 2.05) is 0 Å². The Kier molecular flexibility index (Phi) is 7.78. The number of pyridine rings is 1. The summed E-state index contributed by atoms with van der Waals surface area (Å²) in [5, 5.41) is 24.5. The summed E-state index contributed by atoms with van der Waals surface area (Å²) in [6.45, 7) is 3.32. The molecule has 0 spiro atoms. The molecular formula is C21H23F3N4O2. The predicted molar refractivity (Wildman–Crippen MR) is 105 cm³/mol. The highest BCUT2D eigenvalue weighted by Gasteiger charge is 2.42. The van der Waals surface area contributed by atoms with Crippen LogP contribution in [0.25, 0.3) is 11.1 Å². The van der Waals surface area contributed by atoms with Gasteiger partial charge in [0.25, 0.3) is 0 Å². The van der Waals surface area contributed by atoms with Crippen LogP contribution in [0.3, 0.4) is 0 Å². The quantitative estimate of drug-likeness (QED) is 0.390. The molecule has 6 nitrogen and oxygen atoms in total. The fourth-order valence-electron chi connectivity index (χ4n) is 3.03. The fraction of sp³-hybridized carbons (Fsp3) is 0.381. The predicted octanol–water partition coefficient (Wildman–Crippen LogP) is 3.23. The van der Waals surface area contributed by atoms with Gasteiger partial charge in [0.1, 0.15) is 12.6 Å². The summed E-state index contributed by atoms with van der Waals surface area (Å²) in [7, 11) is 0. The van der Waals surface area contributed by atoms with Gasteiger partial charge in [-0.15, -0.1) is 0 Å². The number of amides is 1. The summed E-state index contributed by atoms with van der Waals surface area (Å²) in [5.74, 6) is -0.681. The number of aromatic nitrogens is 1. The van der Waals surface area contributed by atoms with Gasteiger partial charge in [-0.2, -0.15) is 23.2 Å². The van der Waals surface area contributed by atoms with Crippen LogP contribution in [-0.2, 0) is 4.79 Å². The number of nitrogens with zero attached hydrogens (tertiary/aromatic N) is 2. The van der Waals surface area contributed by atoms with Crippen LogP contribution in [0.5, 0.6) is 0 Å². The Morgan fingerprint density at radius 3 is 2.20 bits per heavy atom. The maximum atomic E-state index is 13.8. The number of nitrogens with one attached hydrogen (secondary N) is 2. The van der Waals surface area contributed by atoms with Crippen molar-refractivity contribution < 1.29 is 22.7 Å². The molecule has 0 bridgehead atoms. The fourth-order valence-corrected chi connectivity index (χ4v) is 3.03. The number of benzene rings is 1. The highest BCUT2D eigenvalue weighted by Crippen LogP contribution is 2.34. The molecule has 2 N–H and O–H groups in total. The molecule has 9 heteroatoms. The number of rotatable bonds is 8. The number of alkyl halides is 3. The summed E-state index contributed by atoms with van der Waals surface area (Å²) in [6, 6.07) is 7.49. The molecule has 2 rings (SSSR count). The van der Waals surface area contributed by atoms with Crippen LogP contribution >= 0.6 is 0 Å². The van der Waals surface area contributed by atoms with Crippen LogP contribution in [0.2, 0.25) is 0 Å². The summed E-state index contributed by atoms with van der Waals surface area (Å²) >= 11 is 0. The maximum absolute atomic E-state index is 13.8. The van der Waals surface area contributed by atoms with E-state index in [0.717, 1.165) is 0 Å². The van der Waals surface area contributed by atoms with Crippen molar-refractivity contribution in [2.75, 3.05) is 6.54 Å². The molecule has 0 fully saturated rings. The minimum Gasteiger partial charge on any atom is -0.619 e. The molecule has 2 aromatic rings. The minimum absolute atomic E-state index is 0.0338. The third-order valence-corrected chi connectivity index (χ3v) is 4.44. The van der Waals surface area contributed by atoms with E-state index in [1.54, 1.807) is 32.0 Å². The molecule has 0 radical (unpaired) electrons. The van der Waals surface area contributed by atoms with E-state index in [-0.39, 0.29) is 24.4 Å². The van der Waals surface area contributed by atoms with Crippen molar-refractivity contribution in [3.8, 4) is 17.2 Å². The van der Waals surface area contributed by atoms with E-state index < -0.39 is 24.2 Å². The number of hydrogen-bond donors (Lipinski definition) is 2. The van der Waals surface area contributed by atoms with Crippen molar-refractivity contribution >= 4 is 5.91 Å².